The largest absolute Gasteiger partial charge is 0.254 e. The van der Waals surface area contributed by atoms with Gasteiger partial charge in [0.25, 0.3) is 0 Å². The van der Waals surface area contributed by atoms with E-state index in [0.29, 0.717) is 20.7 Å². The Morgan fingerprint density at radius 3 is 2.32 bits per heavy atom. The molecule has 2 rings (SSSR count). The van der Waals surface area contributed by atoms with E-state index in [9.17, 15) is 4.21 Å². The van der Waals surface area contributed by atoms with Gasteiger partial charge in [-0.05, 0) is 29.3 Å². The van der Waals surface area contributed by atoms with Crippen molar-refractivity contribution in [2.75, 3.05) is 0 Å². The Balaban J connectivity index is 2.14. The van der Waals surface area contributed by atoms with Gasteiger partial charge in [-0.25, -0.2) is 0 Å². The van der Waals surface area contributed by atoms with Crippen molar-refractivity contribution in [1.82, 2.24) is 0 Å². The van der Waals surface area contributed by atoms with E-state index in [1.807, 2.05) is 30.3 Å². The van der Waals surface area contributed by atoms with Crippen LogP contribution in [0.3, 0.4) is 0 Å². The second kappa shape index (κ2) is 6.38. The van der Waals surface area contributed by atoms with Crippen molar-refractivity contribution < 1.29 is 4.21 Å². The second-order valence-electron chi connectivity index (χ2n) is 4.01. The average molecular weight is 311 g/mol. The lowest BCUT2D eigenvalue weighted by molar-refractivity contribution is 0.688. The van der Waals surface area contributed by atoms with Crippen LogP contribution in [0.15, 0.2) is 55.1 Å². The highest BCUT2D eigenvalue weighted by molar-refractivity contribution is 7.93. The maximum atomic E-state index is 12.3. The smallest absolute Gasteiger partial charge is 0.0574 e. The molecule has 0 heterocycles. The van der Waals surface area contributed by atoms with Crippen LogP contribution in [-0.2, 0) is 16.6 Å². The van der Waals surface area contributed by atoms with Gasteiger partial charge in [0.2, 0.25) is 0 Å². The molecule has 1 nitrogen and oxygen atoms in total. The second-order valence-corrected chi connectivity index (χ2v) is 6.33. The first-order chi connectivity index (χ1) is 9.08. The molecule has 0 saturated heterocycles. The van der Waals surface area contributed by atoms with Crippen LogP contribution in [0, 0.1) is 0 Å². The van der Waals surface area contributed by atoms with E-state index in [2.05, 4.69) is 6.58 Å². The molecule has 0 aromatic heterocycles. The summed E-state index contributed by atoms with van der Waals surface area (Å²) < 4.78 is 12.3. The molecule has 0 aliphatic heterocycles. The first-order valence-electron chi connectivity index (χ1n) is 5.64. The van der Waals surface area contributed by atoms with E-state index < -0.39 is 10.8 Å². The Hall–Kier alpha value is -1.09. The molecule has 0 bridgehead atoms. The number of halogens is 2. The number of hydrogen-bond acceptors (Lipinski definition) is 1. The van der Waals surface area contributed by atoms with Gasteiger partial charge in [0.05, 0.1) is 16.6 Å². The summed E-state index contributed by atoms with van der Waals surface area (Å²) in [5, 5.41) is 1.27. The number of rotatable bonds is 4. The molecule has 98 valence electrons. The highest BCUT2D eigenvalue weighted by Crippen LogP contribution is 2.24. The van der Waals surface area contributed by atoms with Crippen molar-refractivity contribution in [3.8, 4) is 0 Å². The van der Waals surface area contributed by atoms with Crippen LogP contribution >= 0.6 is 23.2 Å². The van der Waals surface area contributed by atoms with Crippen LogP contribution in [0.2, 0.25) is 10.0 Å². The van der Waals surface area contributed by atoms with E-state index in [0.717, 1.165) is 11.1 Å². The van der Waals surface area contributed by atoms with Gasteiger partial charge in [0.1, 0.15) is 0 Å². The molecule has 2 aromatic rings. The summed E-state index contributed by atoms with van der Waals surface area (Å²) in [5.41, 5.74) is 1.69. The predicted molar refractivity (Wildman–Crippen MR) is 83.8 cm³/mol. The van der Waals surface area contributed by atoms with Crippen LogP contribution in [-0.4, -0.2) is 4.21 Å². The zero-order valence-corrected chi connectivity index (χ0v) is 12.4. The average Bonchev–Trinajstić information content (AvgIpc) is 2.41. The van der Waals surface area contributed by atoms with Crippen LogP contribution < -0.4 is 0 Å². The Morgan fingerprint density at radius 2 is 1.68 bits per heavy atom. The van der Waals surface area contributed by atoms with Gasteiger partial charge in [-0.15, -0.1) is 0 Å². The summed E-state index contributed by atoms with van der Waals surface area (Å²) in [5.74, 6) is 0.362. The van der Waals surface area contributed by atoms with Gasteiger partial charge in [-0.2, -0.15) is 0 Å². The molecule has 0 spiro atoms. The highest BCUT2D eigenvalue weighted by Gasteiger charge is 2.10. The third kappa shape index (κ3) is 3.69. The van der Waals surface area contributed by atoms with E-state index in [1.54, 1.807) is 18.2 Å². The molecule has 19 heavy (non-hydrogen) atoms. The minimum Gasteiger partial charge on any atom is -0.254 e. The van der Waals surface area contributed by atoms with Crippen molar-refractivity contribution in [2.24, 2.45) is 0 Å². The summed E-state index contributed by atoms with van der Waals surface area (Å²) in [7, 11) is -1.21. The van der Waals surface area contributed by atoms with Gasteiger partial charge in [0, 0.05) is 15.0 Å². The molecule has 0 N–H and O–H groups in total. The maximum absolute atomic E-state index is 12.3. The van der Waals surface area contributed by atoms with Crippen molar-refractivity contribution in [2.45, 2.75) is 5.75 Å². The standard InChI is InChI=1S/C15H12Cl2OS/c1-11(12-6-8-14(16)9-7-12)19(18)10-13-4-2-3-5-15(13)17/h2-9H,1,10H2. The maximum Gasteiger partial charge on any atom is 0.0574 e. The first kappa shape index (κ1) is 14.3. The molecule has 2 aromatic carbocycles. The third-order valence-electron chi connectivity index (χ3n) is 2.69. The van der Waals surface area contributed by atoms with Crippen LogP contribution in [0.5, 0.6) is 0 Å². The molecular formula is C15H12Cl2OS. The fourth-order valence-electron chi connectivity index (χ4n) is 1.61. The summed E-state index contributed by atoms with van der Waals surface area (Å²) >= 11 is 11.9. The molecule has 4 heteroatoms. The topological polar surface area (TPSA) is 17.1 Å². The van der Waals surface area contributed by atoms with Gasteiger partial charge in [-0.1, -0.05) is 60.1 Å². The Bertz CT molecular complexity index is 620. The van der Waals surface area contributed by atoms with Crippen LogP contribution in [0.1, 0.15) is 11.1 Å². The molecule has 1 atom stereocenters. The quantitative estimate of drug-likeness (QED) is 0.784. The molecule has 0 radical (unpaired) electrons. The van der Waals surface area contributed by atoms with Gasteiger partial charge >= 0.3 is 0 Å². The van der Waals surface area contributed by atoms with E-state index in [1.165, 1.54) is 0 Å². The molecule has 0 saturated carbocycles. The summed E-state index contributed by atoms with van der Waals surface area (Å²) in [4.78, 5) is 0.580. The molecule has 0 aliphatic rings. The lowest BCUT2D eigenvalue weighted by atomic mass is 10.2. The van der Waals surface area contributed by atoms with Crippen molar-refractivity contribution in [3.63, 3.8) is 0 Å². The Morgan fingerprint density at radius 1 is 1.05 bits per heavy atom. The molecule has 0 fully saturated rings. The molecule has 0 amide bonds. The number of benzene rings is 2. The van der Waals surface area contributed by atoms with E-state index >= 15 is 0 Å². The van der Waals surface area contributed by atoms with Gasteiger partial charge < -0.3 is 0 Å². The van der Waals surface area contributed by atoms with E-state index in [-0.39, 0.29) is 0 Å². The Labute approximate surface area is 125 Å². The fourth-order valence-corrected chi connectivity index (χ4v) is 3.13. The van der Waals surface area contributed by atoms with Gasteiger partial charge in [-0.3, -0.25) is 4.21 Å². The molecule has 1 unspecified atom stereocenters. The van der Waals surface area contributed by atoms with Crippen LogP contribution in [0.25, 0.3) is 4.91 Å². The van der Waals surface area contributed by atoms with Gasteiger partial charge in [0.15, 0.2) is 0 Å². The Kier molecular flexibility index (Phi) is 4.81. The molecular weight excluding hydrogens is 299 g/mol. The van der Waals surface area contributed by atoms with Crippen LogP contribution in [0.4, 0.5) is 0 Å². The highest BCUT2D eigenvalue weighted by atomic mass is 35.5. The lowest BCUT2D eigenvalue weighted by Gasteiger charge is -2.07. The number of hydrogen-bond donors (Lipinski definition) is 0. The SMILES string of the molecule is C=C(c1ccc(Cl)cc1)S(=O)Cc1ccccc1Cl. The lowest BCUT2D eigenvalue weighted by Crippen LogP contribution is -1.98. The molecule has 0 aliphatic carbocycles. The zero-order valence-electron chi connectivity index (χ0n) is 10.1. The predicted octanol–water partition coefficient (Wildman–Crippen LogP) is 4.91. The first-order valence-corrected chi connectivity index (χ1v) is 7.72. The third-order valence-corrected chi connectivity index (χ3v) is 4.66. The zero-order chi connectivity index (χ0) is 13.8. The monoisotopic (exact) mass is 310 g/mol. The minimum absolute atomic E-state index is 0.362. The summed E-state index contributed by atoms with van der Waals surface area (Å²) in [6.07, 6.45) is 0. The van der Waals surface area contributed by atoms with Crippen molar-refractivity contribution >= 4 is 38.9 Å². The fraction of sp³-hybridized carbons (Fsp3) is 0.0667. The normalized spacial score (nSPS) is 12.1. The van der Waals surface area contributed by atoms with Crippen molar-refractivity contribution in [1.29, 1.82) is 0 Å². The minimum atomic E-state index is -1.21. The summed E-state index contributed by atoms with van der Waals surface area (Å²) in [6.45, 7) is 3.89. The van der Waals surface area contributed by atoms with E-state index in [4.69, 9.17) is 23.2 Å². The van der Waals surface area contributed by atoms with Crippen molar-refractivity contribution in [3.05, 3.63) is 76.3 Å². The summed E-state index contributed by atoms with van der Waals surface area (Å²) in [6, 6.07) is 14.5.